The standard InChI is InChI=1S/C26H42N2O6/c1-4-5-14-33-24(30)11-10-20-8-6-7-9-23(20)34-18-22(29)17-28-26(2,3)19-27-25(31)21-12-15-32-16-13-21/h6-9,21-22,28-29H,4-5,10-19H2,1-3H3,(H,27,31). The molecule has 1 fully saturated rings. The van der Waals surface area contributed by atoms with Gasteiger partial charge in [0.1, 0.15) is 18.5 Å². The van der Waals surface area contributed by atoms with Crippen molar-refractivity contribution in [2.24, 2.45) is 5.92 Å². The highest BCUT2D eigenvalue weighted by Gasteiger charge is 2.25. The molecule has 1 aliphatic rings. The number of amides is 1. The summed E-state index contributed by atoms with van der Waals surface area (Å²) in [5.74, 6) is 0.527. The number of esters is 1. The molecule has 34 heavy (non-hydrogen) atoms. The first kappa shape index (κ1) is 28.1. The largest absolute Gasteiger partial charge is 0.491 e. The number of aliphatic hydroxyl groups is 1. The van der Waals surface area contributed by atoms with Crippen molar-refractivity contribution in [3.05, 3.63) is 29.8 Å². The van der Waals surface area contributed by atoms with E-state index in [1.807, 2.05) is 38.1 Å². The third kappa shape index (κ3) is 10.8. The second-order valence-electron chi connectivity index (χ2n) is 9.52. The maximum atomic E-state index is 12.3. The zero-order valence-electron chi connectivity index (χ0n) is 20.9. The fourth-order valence-corrected chi connectivity index (χ4v) is 3.60. The van der Waals surface area contributed by atoms with Crippen molar-refractivity contribution >= 4 is 11.9 Å². The summed E-state index contributed by atoms with van der Waals surface area (Å²) in [4.78, 5) is 24.2. The molecular weight excluding hydrogens is 436 g/mol. The molecule has 0 saturated carbocycles. The fraction of sp³-hybridized carbons (Fsp3) is 0.692. The minimum absolute atomic E-state index is 0.0156. The molecule has 1 aromatic rings. The molecule has 1 atom stereocenters. The van der Waals surface area contributed by atoms with Crippen LogP contribution in [0.25, 0.3) is 0 Å². The lowest BCUT2D eigenvalue weighted by Gasteiger charge is -2.29. The summed E-state index contributed by atoms with van der Waals surface area (Å²) in [6, 6.07) is 7.53. The Kier molecular flexibility index (Phi) is 12.4. The smallest absolute Gasteiger partial charge is 0.306 e. The first-order valence-corrected chi connectivity index (χ1v) is 12.5. The molecule has 0 bridgehead atoms. The lowest BCUT2D eigenvalue weighted by atomic mass is 9.98. The van der Waals surface area contributed by atoms with E-state index < -0.39 is 6.10 Å². The van der Waals surface area contributed by atoms with Gasteiger partial charge in [-0.2, -0.15) is 0 Å². The van der Waals surface area contributed by atoms with Crippen LogP contribution in [0.3, 0.4) is 0 Å². The van der Waals surface area contributed by atoms with Crippen LogP contribution >= 0.6 is 0 Å². The van der Waals surface area contributed by atoms with Crippen molar-refractivity contribution in [1.82, 2.24) is 10.6 Å². The van der Waals surface area contributed by atoms with Crippen molar-refractivity contribution in [1.29, 1.82) is 0 Å². The average molecular weight is 479 g/mol. The van der Waals surface area contributed by atoms with E-state index in [0.717, 1.165) is 31.2 Å². The van der Waals surface area contributed by atoms with Crippen LogP contribution in [0.15, 0.2) is 24.3 Å². The molecule has 0 radical (unpaired) electrons. The molecule has 8 heteroatoms. The summed E-state index contributed by atoms with van der Waals surface area (Å²) in [5, 5.41) is 16.7. The molecule has 1 saturated heterocycles. The third-order valence-electron chi connectivity index (χ3n) is 5.88. The molecule has 0 aliphatic carbocycles. The van der Waals surface area contributed by atoms with Gasteiger partial charge in [-0.1, -0.05) is 31.5 Å². The van der Waals surface area contributed by atoms with Crippen LogP contribution in [-0.4, -0.2) is 68.1 Å². The topological polar surface area (TPSA) is 106 Å². The SMILES string of the molecule is CCCCOC(=O)CCc1ccccc1OCC(O)CNC(C)(C)CNC(=O)C1CCOCC1. The maximum Gasteiger partial charge on any atom is 0.306 e. The Morgan fingerprint density at radius 3 is 2.71 bits per heavy atom. The number of β-amino-alcohol motifs (C(OH)–C–C–N with tert-alkyl or cyclic N) is 1. The predicted octanol–water partition coefficient (Wildman–Crippen LogP) is 2.61. The second kappa shape index (κ2) is 15.0. The fourth-order valence-electron chi connectivity index (χ4n) is 3.60. The Bertz CT molecular complexity index is 749. The number of rotatable bonds is 15. The van der Waals surface area contributed by atoms with Gasteiger partial charge >= 0.3 is 5.97 Å². The van der Waals surface area contributed by atoms with Gasteiger partial charge in [-0.3, -0.25) is 9.59 Å². The summed E-state index contributed by atoms with van der Waals surface area (Å²) in [7, 11) is 0. The number of aryl methyl sites for hydroxylation is 1. The molecule has 1 amide bonds. The second-order valence-corrected chi connectivity index (χ2v) is 9.52. The quantitative estimate of drug-likeness (QED) is 0.263. The number of unbranched alkanes of at least 4 members (excludes halogenated alkanes) is 1. The van der Waals surface area contributed by atoms with Gasteiger partial charge in [0, 0.05) is 44.2 Å². The van der Waals surface area contributed by atoms with E-state index in [1.165, 1.54) is 0 Å². The minimum Gasteiger partial charge on any atom is -0.491 e. The molecule has 2 rings (SSSR count). The summed E-state index contributed by atoms with van der Waals surface area (Å²) in [6.45, 7) is 8.67. The lowest BCUT2D eigenvalue weighted by molar-refractivity contribution is -0.143. The first-order valence-electron chi connectivity index (χ1n) is 12.5. The molecular formula is C26H42N2O6. The maximum absolute atomic E-state index is 12.3. The number of para-hydroxylation sites is 1. The molecule has 1 aromatic carbocycles. The minimum atomic E-state index is -0.725. The number of benzene rings is 1. The van der Waals surface area contributed by atoms with Crippen LogP contribution in [0.4, 0.5) is 0 Å². The van der Waals surface area contributed by atoms with E-state index in [1.54, 1.807) is 0 Å². The van der Waals surface area contributed by atoms with E-state index in [2.05, 4.69) is 17.6 Å². The summed E-state index contributed by atoms with van der Waals surface area (Å²) in [5.41, 5.74) is 0.531. The third-order valence-corrected chi connectivity index (χ3v) is 5.88. The number of carbonyl (C=O) groups is 2. The van der Waals surface area contributed by atoms with Crippen LogP contribution in [0, 0.1) is 5.92 Å². The van der Waals surface area contributed by atoms with E-state index in [0.29, 0.717) is 51.5 Å². The number of hydrogen-bond donors (Lipinski definition) is 3. The zero-order valence-corrected chi connectivity index (χ0v) is 20.9. The number of carbonyl (C=O) groups excluding carboxylic acids is 2. The van der Waals surface area contributed by atoms with Crippen LogP contribution in [0.5, 0.6) is 5.75 Å². The number of nitrogens with one attached hydrogen (secondary N) is 2. The van der Waals surface area contributed by atoms with Gasteiger partial charge in [0.2, 0.25) is 5.91 Å². The molecule has 1 heterocycles. The Morgan fingerprint density at radius 2 is 1.97 bits per heavy atom. The summed E-state index contributed by atoms with van der Waals surface area (Å²) >= 11 is 0. The Hall–Kier alpha value is -2.16. The van der Waals surface area contributed by atoms with Gasteiger partial charge in [-0.05, 0) is 51.2 Å². The monoisotopic (exact) mass is 478 g/mol. The zero-order chi connectivity index (χ0) is 24.8. The van der Waals surface area contributed by atoms with Crippen LogP contribution in [0.1, 0.15) is 58.4 Å². The molecule has 3 N–H and O–H groups in total. The van der Waals surface area contributed by atoms with E-state index in [-0.39, 0.29) is 29.9 Å². The van der Waals surface area contributed by atoms with Crippen molar-refractivity contribution < 1.29 is 28.9 Å². The predicted molar refractivity (Wildman–Crippen MR) is 131 cm³/mol. The van der Waals surface area contributed by atoms with Crippen molar-refractivity contribution in [2.45, 2.75) is 70.9 Å². The summed E-state index contributed by atoms with van der Waals surface area (Å²) < 4.78 is 16.4. The number of hydrogen-bond acceptors (Lipinski definition) is 7. The van der Waals surface area contributed by atoms with Crippen LogP contribution < -0.4 is 15.4 Å². The normalized spacial score (nSPS) is 15.5. The number of ether oxygens (including phenoxy) is 3. The van der Waals surface area contributed by atoms with Gasteiger partial charge in [0.15, 0.2) is 0 Å². The number of aliphatic hydroxyl groups excluding tert-OH is 1. The highest BCUT2D eigenvalue weighted by Crippen LogP contribution is 2.20. The van der Waals surface area contributed by atoms with E-state index >= 15 is 0 Å². The van der Waals surface area contributed by atoms with Crippen LogP contribution in [-0.2, 0) is 25.5 Å². The van der Waals surface area contributed by atoms with Gasteiger partial charge < -0.3 is 30.0 Å². The Balaban J connectivity index is 1.71. The Morgan fingerprint density at radius 1 is 1.24 bits per heavy atom. The van der Waals surface area contributed by atoms with E-state index in [9.17, 15) is 14.7 Å². The molecule has 0 aromatic heterocycles. The Labute approximate surface area is 203 Å². The van der Waals surface area contributed by atoms with Crippen molar-refractivity contribution in [2.75, 3.05) is 39.5 Å². The highest BCUT2D eigenvalue weighted by molar-refractivity contribution is 5.78. The molecule has 1 aliphatic heterocycles. The van der Waals surface area contributed by atoms with Crippen LogP contribution in [0.2, 0.25) is 0 Å². The van der Waals surface area contributed by atoms with Gasteiger partial charge in [0.05, 0.1) is 6.61 Å². The van der Waals surface area contributed by atoms with Gasteiger partial charge in [-0.15, -0.1) is 0 Å². The van der Waals surface area contributed by atoms with Crippen molar-refractivity contribution in [3.8, 4) is 5.75 Å². The average Bonchev–Trinajstić information content (AvgIpc) is 2.85. The highest BCUT2D eigenvalue weighted by atomic mass is 16.5. The lowest BCUT2D eigenvalue weighted by Crippen LogP contribution is -2.52. The first-order chi connectivity index (χ1) is 16.3. The molecule has 8 nitrogen and oxygen atoms in total. The molecule has 192 valence electrons. The van der Waals surface area contributed by atoms with Crippen molar-refractivity contribution in [3.63, 3.8) is 0 Å². The summed E-state index contributed by atoms with van der Waals surface area (Å²) in [6.07, 6.45) is 3.48. The van der Waals surface area contributed by atoms with E-state index in [4.69, 9.17) is 14.2 Å². The van der Waals surface area contributed by atoms with Gasteiger partial charge in [-0.25, -0.2) is 0 Å². The molecule has 1 unspecified atom stereocenters. The molecule has 0 spiro atoms. The van der Waals surface area contributed by atoms with Gasteiger partial charge in [0.25, 0.3) is 0 Å².